The number of allylic oxidation sites excluding steroid dienone is 1. The number of thiazole rings is 1. The number of fused-ring (bicyclic) bond motifs is 1. The van der Waals surface area contributed by atoms with Crippen molar-refractivity contribution in [3.8, 4) is 0 Å². The van der Waals surface area contributed by atoms with Crippen molar-refractivity contribution < 1.29 is 13.2 Å². The fraction of sp³-hybridized carbons (Fsp3) is 0.120. The van der Waals surface area contributed by atoms with Crippen LogP contribution in [0.5, 0.6) is 0 Å². The van der Waals surface area contributed by atoms with E-state index in [-0.39, 0.29) is 11.4 Å². The number of nitrogens with zero attached hydrogens (tertiary/aromatic N) is 3. The van der Waals surface area contributed by atoms with Crippen LogP contribution >= 0.6 is 22.9 Å². The van der Waals surface area contributed by atoms with Crippen molar-refractivity contribution in [2.24, 2.45) is 4.99 Å². The molecular formula is C25H22ClN3O3S2. The Bertz CT molecular complexity index is 1520. The monoisotopic (exact) mass is 511 g/mol. The topological polar surface area (TPSA) is 71.7 Å². The molecule has 0 saturated carbocycles. The van der Waals surface area contributed by atoms with Crippen LogP contribution in [-0.2, 0) is 23.1 Å². The zero-order valence-electron chi connectivity index (χ0n) is 18.4. The SMILES string of the molecule is C=CCn1c(=NC(=O)c2ccc(S(=O)(=O)N(C)Cc3ccccc3)cc2)sc2cccc(Cl)c21. The molecule has 1 heterocycles. The van der Waals surface area contributed by atoms with E-state index in [0.717, 1.165) is 15.8 Å². The Morgan fingerprint density at radius 2 is 1.79 bits per heavy atom. The van der Waals surface area contributed by atoms with Gasteiger partial charge in [-0.1, -0.05) is 65.4 Å². The Morgan fingerprint density at radius 3 is 2.47 bits per heavy atom. The van der Waals surface area contributed by atoms with Crippen molar-refractivity contribution in [2.75, 3.05) is 7.05 Å². The fourth-order valence-corrected chi connectivity index (χ4v) is 6.05. The Kier molecular flexibility index (Phi) is 7.13. The highest BCUT2D eigenvalue weighted by Gasteiger charge is 2.21. The molecule has 0 radical (unpaired) electrons. The maximum atomic E-state index is 13.0. The van der Waals surface area contributed by atoms with Crippen LogP contribution in [-0.4, -0.2) is 30.2 Å². The number of carbonyl (C=O) groups excluding carboxylic acids is 1. The number of rotatable bonds is 7. The van der Waals surface area contributed by atoms with Crippen LogP contribution in [0.25, 0.3) is 10.2 Å². The Balaban J connectivity index is 1.62. The van der Waals surface area contributed by atoms with Crippen molar-refractivity contribution in [3.05, 3.63) is 106 Å². The van der Waals surface area contributed by atoms with Crippen molar-refractivity contribution in [1.82, 2.24) is 8.87 Å². The van der Waals surface area contributed by atoms with Gasteiger partial charge in [0.1, 0.15) is 0 Å². The van der Waals surface area contributed by atoms with E-state index in [2.05, 4.69) is 11.6 Å². The fourth-order valence-electron chi connectivity index (χ4n) is 3.50. The van der Waals surface area contributed by atoms with Crippen molar-refractivity contribution in [2.45, 2.75) is 18.0 Å². The second-order valence-corrected chi connectivity index (χ2v) is 11.0. The van der Waals surface area contributed by atoms with Crippen LogP contribution in [0.4, 0.5) is 0 Å². The molecule has 4 aromatic rings. The van der Waals surface area contributed by atoms with E-state index in [9.17, 15) is 13.2 Å². The molecule has 1 aromatic heterocycles. The van der Waals surface area contributed by atoms with Crippen LogP contribution in [0, 0.1) is 0 Å². The largest absolute Gasteiger partial charge is 0.311 e. The third kappa shape index (κ3) is 4.90. The number of benzene rings is 3. The van der Waals surface area contributed by atoms with Gasteiger partial charge in [0.2, 0.25) is 10.0 Å². The molecule has 1 amide bonds. The number of carbonyl (C=O) groups is 1. The van der Waals surface area contributed by atoms with Gasteiger partial charge in [-0.05, 0) is 42.0 Å². The van der Waals surface area contributed by atoms with E-state index in [1.54, 1.807) is 12.1 Å². The first kappa shape index (κ1) is 24.1. The third-order valence-electron chi connectivity index (χ3n) is 5.22. The summed E-state index contributed by atoms with van der Waals surface area (Å²) in [5.41, 5.74) is 1.97. The molecule has 0 aliphatic heterocycles. The quantitative estimate of drug-likeness (QED) is 0.324. The minimum atomic E-state index is -3.71. The lowest BCUT2D eigenvalue weighted by atomic mass is 10.2. The molecule has 9 heteroatoms. The highest BCUT2D eigenvalue weighted by molar-refractivity contribution is 7.89. The summed E-state index contributed by atoms with van der Waals surface area (Å²) in [4.78, 5) is 17.8. The maximum absolute atomic E-state index is 13.0. The van der Waals surface area contributed by atoms with Crippen LogP contribution in [0.3, 0.4) is 0 Å². The molecule has 4 rings (SSSR count). The second kappa shape index (κ2) is 10.1. The van der Waals surface area contributed by atoms with Gasteiger partial charge in [-0.15, -0.1) is 6.58 Å². The van der Waals surface area contributed by atoms with Crippen LogP contribution < -0.4 is 4.80 Å². The van der Waals surface area contributed by atoms with Gasteiger partial charge in [-0.2, -0.15) is 9.30 Å². The van der Waals surface area contributed by atoms with E-state index in [1.807, 2.05) is 47.0 Å². The summed E-state index contributed by atoms with van der Waals surface area (Å²) in [6, 6.07) is 20.7. The Labute approximate surface area is 207 Å². The molecule has 0 spiro atoms. The van der Waals surface area contributed by atoms with Gasteiger partial charge in [0.25, 0.3) is 5.91 Å². The number of aromatic nitrogens is 1. The average Bonchev–Trinajstić information content (AvgIpc) is 3.18. The molecule has 0 aliphatic carbocycles. The van der Waals surface area contributed by atoms with Gasteiger partial charge in [-0.3, -0.25) is 4.79 Å². The van der Waals surface area contributed by atoms with Gasteiger partial charge in [0.15, 0.2) is 4.80 Å². The smallest absolute Gasteiger partial charge is 0.279 e. The van der Waals surface area contributed by atoms with Gasteiger partial charge in [-0.25, -0.2) is 8.42 Å². The van der Waals surface area contributed by atoms with E-state index in [4.69, 9.17) is 11.6 Å². The van der Waals surface area contributed by atoms with Gasteiger partial charge in [0, 0.05) is 25.7 Å². The minimum Gasteiger partial charge on any atom is -0.311 e. The Morgan fingerprint density at radius 1 is 1.09 bits per heavy atom. The molecule has 0 fully saturated rings. The molecule has 174 valence electrons. The highest BCUT2D eigenvalue weighted by atomic mass is 35.5. The molecule has 34 heavy (non-hydrogen) atoms. The van der Waals surface area contributed by atoms with Crippen LogP contribution in [0.1, 0.15) is 15.9 Å². The molecule has 3 aromatic carbocycles. The van der Waals surface area contributed by atoms with Gasteiger partial charge in [0.05, 0.1) is 20.1 Å². The normalized spacial score (nSPS) is 12.4. The number of hydrogen-bond donors (Lipinski definition) is 0. The molecule has 0 unspecified atom stereocenters. The summed E-state index contributed by atoms with van der Waals surface area (Å²) < 4.78 is 29.9. The molecule has 0 bridgehead atoms. The average molecular weight is 512 g/mol. The molecule has 0 aliphatic rings. The Hall–Kier alpha value is -3.04. The first-order valence-electron chi connectivity index (χ1n) is 10.4. The third-order valence-corrected chi connectivity index (χ3v) is 8.38. The minimum absolute atomic E-state index is 0.109. The number of amides is 1. The lowest BCUT2D eigenvalue weighted by Gasteiger charge is -2.17. The second-order valence-electron chi connectivity index (χ2n) is 7.56. The first-order valence-corrected chi connectivity index (χ1v) is 13.0. The van der Waals surface area contributed by atoms with Crippen LogP contribution in [0.15, 0.2) is 95.3 Å². The molecule has 0 atom stereocenters. The van der Waals surface area contributed by atoms with Crippen molar-refractivity contribution in [1.29, 1.82) is 0 Å². The van der Waals surface area contributed by atoms with E-state index in [0.29, 0.717) is 21.9 Å². The summed E-state index contributed by atoms with van der Waals surface area (Å²) in [6.45, 7) is 4.47. The summed E-state index contributed by atoms with van der Waals surface area (Å²) in [5, 5.41) is 0.568. The number of hydrogen-bond acceptors (Lipinski definition) is 4. The summed E-state index contributed by atoms with van der Waals surface area (Å²) >= 11 is 7.72. The predicted octanol–water partition coefficient (Wildman–Crippen LogP) is 5.10. The summed E-state index contributed by atoms with van der Waals surface area (Å²) in [5.74, 6) is -0.470. The molecule has 6 nitrogen and oxygen atoms in total. The lowest BCUT2D eigenvalue weighted by molar-refractivity contribution is 0.0998. The molecule has 0 N–H and O–H groups in total. The molecule has 0 saturated heterocycles. The zero-order valence-corrected chi connectivity index (χ0v) is 20.8. The van der Waals surface area contributed by atoms with Gasteiger partial charge < -0.3 is 4.57 Å². The maximum Gasteiger partial charge on any atom is 0.279 e. The predicted molar refractivity (Wildman–Crippen MR) is 136 cm³/mol. The van der Waals surface area contributed by atoms with E-state index >= 15 is 0 Å². The standard InChI is InChI=1S/C25H22ClN3O3S2/c1-3-16-29-23-21(26)10-7-11-22(23)33-25(29)27-24(30)19-12-14-20(15-13-19)34(31,32)28(2)17-18-8-5-4-6-9-18/h3-15H,1,16-17H2,2H3. The highest BCUT2D eigenvalue weighted by Crippen LogP contribution is 2.25. The molecular weight excluding hydrogens is 490 g/mol. The zero-order chi connectivity index (χ0) is 24.3. The van der Waals surface area contributed by atoms with Crippen molar-refractivity contribution in [3.63, 3.8) is 0 Å². The number of halogens is 1. The summed E-state index contributed by atoms with van der Waals surface area (Å²) in [6.07, 6.45) is 1.71. The van der Waals surface area contributed by atoms with Crippen LogP contribution in [0.2, 0.25) is 5.02 Å². The van der Waals surface area contributed by atoms with Crippen molar-refractivity contribution >= 4 is 49.1 Å². The van der Waals surface area contributed by atoms with Gasteiger partial charge >= 0.3 is 0 Å². The van der Waals surface area contributed by atoms with E-state index < -0.39 is 15.9 Å². The number of para-hydroxylation sites is 1. The summed E-state index contributed by atoms with van der Waals surface area (Å²) in [7, 11) is -2.18. The first-order chi connectivity index (χ1) is 16.3. The lowest BCUT2D eigenvalue weighted by Crippen LogP contribution is -2.26. The number of sulfonamides is 1. The van der Waals surface area contributed by atoms with E-state index in [1.165, 1.54) is 47.0 Å².